The first-order valence-corrected chi connectivity index (χ1v) is 10.6. The zero-order chi connectivity index (χ0) is 18.7. The van der Waals surface area contributed by atoms with Crippen LogP contribution in [0.1, 0.15) is 62.3 Å². The number of rotatable bonds is 7. The largest absolute Gasteiger partial charge is 0.475 e. The summed E-state index contributed by atoms with van der Waals surface area (Å²) in [4.78, 5) is 0. The zero-order valence-electron chi connectivity index (χ0n) is 16.0. The van der Waals surface area contributed by atoms with Gasteiger partial charge in [-0.1, -0.05) is 0 Å². The maximum Gasteiger partial charge on any atom is 0.475 e. The van der Waals surface area contributed by atoms with E-state index >= 15 is 0 Å². The van der Waals surface area contributed by atoms with Crippen LogP contribution in [0.3, 0.4) is 0 Å². The Morgan fingerprint density at radius 2 is 1.04 bits per heavy atom. The summed E-state index contributed by atoms with van der Waals surface area (Å²) in [6, 6.07) is 0. The summed E-state index contributed by atoms with van der Waals surface area (Å²) in [7, 11) is -6.37. The highest BCUT2D eigenvalue weighted by atomic mass is 31.2. The monoisotopic (exact) mass is 374 g/mol. The minimum absolute atomic E-state index is 0.539. The fourth-order valence-corrected chi connectivity index (χ4v) is 5.35. The van der Waals surface area contributed by atoms with Gasteiger partial charge in [-0.2, -0.15) is 0 Å². The third-order valence-electron chi connectivity index (χ3n) is 1.81. The van der Waals surface area contributed by atoms with Gasteiger partial charge in [0.15, 0.2) is 6.35 Å². The van der Waals surface area contributed by atoms with E-state index in [0.717, 1.165) is 0 Å². The Balaban J connectivity index is 5.24. The Kier molecular flexibility index (Phi) is 7.74. The number of phosphoric acid groups is 1. The van der Waals surface area contributed by atoms with E-state index in [1.807, 2.05) is 0 Å². The van der Waals surface area contributed by atoms with E-state index < -0.39 is 38.6 Å². The van der Waals surface area contributed by atoms with Gasteiger partial charge in [-0.05, 0) is 62.3 Å². The van der Waals surface area contributed by atoms with E-state index in [0.29, 0.717) is 0 Å². The highest BCUT2D eigenvalue weighted by Gasteiger charge is 2.40. The molecule has 0 heterocycles. The Morgan fingerprint density at radius 3 is 1.30 bits per heavy atom. The summed E-state index contributed by atoms with van der Waals surface area (Å²) < 4.78 is 51.9. The topological polar surface area (TPSA) is 80.3 Å². The fourth-order valence-electron chi connectivity index (χ4n) is 1.50. The summed E-state index contributed by atoms with van der Waals surface area (Å²) in [5, 5.41) is 0. The van der Waals surface area contributed by atoms with Crippen molar-refractivity contribution in [3.05, 3.63) is 0 Å². The number of hydrogen-bond acceptors (Lipinski definition) is 7. The molecular weight excluding hydrogens is 342 g/mol. The molecule has 0 aliphatic carbocycles. The third-order valence-corrected chi connectivity index (χ3v) is 5.77. The molecule has 0 aromatic heterocycles. The zero-order valence-corrected chi connectivity index (χ0v) is 17.7. The van der Waals surface area contributed by atoms with Crippen LogP contribution < -0.4 is 0 Å². The molecule has 23 heavy (non-hydrogen) atoms. The van der Waals surface area contributed by atoms with Crippen molar-refractivity contribution < 1.29 is 31.7 Å². The highest BCUT2D eigenvalue weighted by molar-refractivity contribution is 7.55. The Morgan fingerprint density at radius 1 is 0.696 bits per heavy atom. The minimum Gasteiger partial charge on any atom is -0.301 e. The van der Waals surface area contributed by atoms with Crippen LogP contribution in [0, 0.1) is 0 Å². The maximum atomic E-state index is 13.0. The van der Waals surface area contributed by atoms with Crippen molar-refractivity contribution in [2.24, 2.45) is 0 Å². The molecule has 7 nitrogen and oxygen atoms in total. The second-order valence-corrected chi connectivity index (χ2v) is 11.7. The van der Waals surface area contributed by atoms with Gasteiger partial charge in [0.05, 0.1) is 16.8 Å². The van der Waals surface area contributed by atoms with Crippen molar-refractivity contribution in [2.75, 3.05) is 13.5 Å². The van der Waals surface area contributed by atoms with Crippen molar-refractivity contribution in [1.82, 2.24) is 0 Å². The maximum absolute atomic E-state index is 13.0. The van der Waals surface area contributed by atoms with Crippen molar-refractivity contribution in [3.8, 4) is 0 Å². The molecule has 0 spiro atoms. The molecule has 0 saturated carbocycles. The van der Waals surface area contributed by atoms with Gasteiger partial charge < -0.3 is 9.05 Å². The average molecular weight is 374 g/mol. The van der Waals surface area contributed by atoms with E-state index in [1.165, 1.54) is 7.11 Å². The molecule has 0 aromatic carbocycles. The van der Waals surface area contributed by atoms with Crippen molar-refractivity contribution in [1.29, 1.82) is 0 Å². The van der Waals surface area contributed by atoms with Crippen LogP contribution in [0.25, 0.3) is 0 Å². The van der Waals surface area contributed by atoms with E-state index in [9.17, 15) is 9.13 Å². The number of phosphoric ester groups is 1. The minimum atomic E-state index is -3.88. The van der Waals surface area contributed by atoms with Crippen LogP contribution in [0.5, 0.6) is 0 Å². The molecule has 0 aliphatic rings. The Labute approximate surface area is 140 Å². The first kappa shape index (κ1) is 23.3. The van der Waals surface area contributed by atoms with E-state index in [2.05, 4.69) is 0 Å². The average Bonchev–Trinajstić information content (AvgIpc) is 2.19. The van der Waals surface area contributed by atoms with Crippen LogP contribution in [0.15, 0.2) is 0 Å². The first-order valence-electron chi connectivity index (χ1n) is 7.40. The van der Waals surface area contributed by atoms with Gasteiger partial charge in [0.25, 0.3) is 0 Å². The van der Waals surface area contributed by atoms with E-state index in [-0.39, 0.29) is 0 Å². The lowest BCUT2D eigenvalue weighted by atomic mass is 10.2. The lowest BCUT2D eigenvalue weighted by molar-refractivity contribution is 0.0278. The van der Waals surface area contributed by atoms with Gasteiger partial charge in [0.1, 0.15) is 0 Å². The molecular formula is C14H32O7P2. The van der Waals surface area contributed by atoms with Crippen LogP contribution in [-0.4, -0.2) is 30.3 Å². The molecule has 0 amide bonds. The summed E-state index contributed by atoms with van der Waals surface area (Å²) >= 11 is 0. The van der Waals surface area contributed by atoms with Gasteiger partial charge in [-0.15, -0.1) is 0 Å². The van der Waals surface area contributed by atoms with Crippen LogP contribution in [0.4, 0.5) is 0 Å². The smallest absolute Gasteiger partial charge is 0.301 e. The van der Waals surface area contributed by atoms with Gasteiger partial charge in [0.2, 0.25) is 0 Å². The van der Waals surface area contributed by atoms with Crippen LogP contribution in [0.2, 0.25) is 0 Å². The van der Waals surface area contributed by atoms with Gasteiger partial charge in [-0.3, -0.25) is 18.1 Å². The molecule has 140 valence electrons. The van der Waals surface area contributed by atoms with Gasteiger partial charge >= 0.3 is 15.4 Å². The van der Waals surface area contributed by atoms with Crippen LogP contribution in [-0.2, 0) is 31.7 Å². The Bertz CT molecular complexity index is 449. The molecule has 1 unspecified atom stereocenters. The fraction of sp³-hybridized carbons (Fsp3) is 1.00. The normalized spacial score (nSPS) is 17.1. The molecule has 0 rings (SSSR count). The molecule has 9 heteroatoms. The molecule has 0 bridgehead atoms. The van der Waals surface area contributed by atoms with Crippen LogP contribution >= 0.6 is 15.4 Å². The third kappa shape index (κ3) is 11.4. The molecule has 0 aliphatic heterocycles. The van der Waals surface area contributed by atoms with E-state index in [1.54, 1.807) is 62.3 Å². The predicted molar refractivity (Wildman–Crippen MR) is 90.7 cm³/mol. The van der Waals surface area contributed by atoms with Crippen molar-refractivity contribution in [2.45, 2.75) is 79.1 Å². The summed E-state index contributed by atoms with van der Waals surface area (Å²) in [6.07, 6.45) is -0.539. The summed E-state index contributed by atoms with van der Waals surface area (Å²) in [5.74, 6) is 0. The lowest BCUT2D eigenvalue weighted by Gasteiger charge is -2.32. The second-order valence-electron chi connectivity index (χ2n) is 8.11. The highest BCUT2D eigenvalue weighted by Crippen LogP contribution is 2.60. The summed E-state index contributed by atoms with van der Waals surface area (Å²) in [5.41, 5.74) is -2.22. The van der Waals surface area contributed by atoms with Gasteiger partial charge in [-0.25, -0.2) is 4.57 Å². The molecule has 0 aromatic rings. The number of hydrogen-bond donors (Lipinski definition) is 0. The summed E-state index contributed by atoms with van der Waals surface area (Å²) in [6.45, 7) is 15.6. The standard InChI is InChI=1S/C14H32O7P2/c1-12(2,3)19-22(15,20-13(4,5)6)11-18-23(16,17-10)21-14(7,8)9/h11H2,1-10H3. The second kappa shape index (κ2) is 7.65. The molecule has 0 N–H and O–H groups in total. The van der Waals surface area contributed by atoms with Gasteiger partial charge in [0, 0.05) is 7.11 Å². The van der Waals surface area contributed by atoms with Crippen molar-refractivity contribution in [3.63, 3.8) is 0 Å². The molecule has 0 saturated heterocycles. The molecule has 0 fully saturated rings. The Hall–Kier alpha value is 0.260. The molecule has 0 radical (unpaired) electrons. The van der Waals surface area contributed by atoms with E-state index in [4.69, 9.17) is 22.6 Å². The van der Waals surface area contributed by atoms with Crippen molar-refractivity contribution >= 4 is 15.4 Å². The lowest BCUT2D eigenvalue weighted by Crippen LogP contribution is -2.25. The predicted octanol–water partition coefficient (Wildman–Crippen LogP) is 5.35. The quantitative estimate of drug-likeness (QED) is 0.555. The first-order chi connectivity index (χ1) is 9.89. The molecule has 1 atom stereocenters. The SMILES string of the molecule is COP(=O)(OCP(=O)(OC(C)(C)C)OC(C)(C)C)OC(C)(C)C.